The lowest BCUT2D eigenvalue weighted by atomic mass is 9.75. The molecule has 3 N–H and O–H groups in total. The van der Waals surface area contributed by atoms with Gasteiger partial charge in [0, 0.05) is 13.1 Å². The van der Waals surface area contributed by atoms with Crippen molar-refractivity contribution >= 4 is 11.9 Å². The molecule has 1 heterocycles. The highest BCUT2D eigenvalue weighted by Gasteiger charge is 2.34. The van der Waals surface area contributed by atoms with Crippen molar-refractivity contribution in [3.8, 4) is 5.75 Å². The number of aromatic hydroxyl groups is 1. The number of nitrogens with one attached hydrogen (secondary N) is 1. The van der Waals surface area contributed by atoms with E-state index in [1.165, 1.54) is 6.07 Å². The molecule has 178 valence electrons. The molecule has 1 saturated carbocycles. The van der Waals surface area contributed by atoms with Gasteiger partial charge in [-0.25, -0.2) is 4.39 Å². The van der Waals surface area contributed by atoms with Gasteiger partial charge in [-0.1, -0.05) is 26.8 Å². The molecule has 1 fully saturated rings. The number of hydrogen-bond donors (Lipinski definition) is 3. The van der Waals surface area contributed by atoms with Crippen LogP contribution >= 0.6 is 0 Å². The summed E-state index contributed by atoms with van der Waals surface area (Å²) in [5.41, 5.74) is 0.675. The Morgan fingerprint density at radius 2 is 1.91 bits per heavy atom. The number of carbonyl (C=O) groups excluding carboxylic acids is 1. The van der Waals surface area contributed by atoms with E-state index in [1.54, 1.807) is 11.0 Å². The van der Waals surface area contributed by atoms with Crippen molar-refractivity contribution in [1.82, 2.24) is 10.2 Å². The van der Waals surface area contributed by atoms with Gasteiger partial charge in [0.05, 0.1) is 5.56 Å². The Morgan fingerprint density at radius 3 is 2.53 bits per heavy atom. The fourth-order valence-electron chi connectivity index (χ4n) is 5.27. The second-order valence-electron chi connectivity index (χ2n) is 10.1. The summed E-state index contributed by atoms with van der Waals surface area (Å²) < 4.78 is 14.2. The molecule has 0 aromatic heterocycles. The third-order valence-electron chi connectivity index (χ3n) is 7.24. The summed E-state index contributed by atoms with van der Waals surface area (Å²) in [5.74, 6) is -0.483. The number of carboxylic acid groups (broad SMARTS) is 1. The largest absolute Gasteiger partial charge is 0.505 e. The number of phenols is 1. The second kappa shape index (κ2) is 10.6. The molecule has 1 aromatic rings. The minimum atomic E-state index is -0.806. The summed E-state index contributed by atoms with van der Waals surface area (Å²) in [6, 6.07) is 2.47. The van der Waals surface area contributed by atoms with Crippen LogP contribution < -0.4 is 5.32 Å². The maximum Gasteiger partial charge on any atom is 0.320 e. The summed E-state index contributed by atoms with van der Waals surface area (Å²) in [4.78, 5) is 25.7. The van der Waals surface area contributed by atoms with Gasteiger partial charge in [0.15, 0.2) is 11.6 Å². The molecular formula is C25H37FN2O4. The quantitative estimate of drug-likeness (QED) is 0.493. The molecule has 1 unspecified atom stereocenters. The molecule has 7 heteroatoms. The molecule has 0 radical (unpaired) electrons. The third-order valence-corrected chi connectivity index (χ3v) is 7.24. The Balaban J connectivity index is 1.42. The van der Waals surface area contributed by atoms with E-state index in [9.17, 15) is 24.2 Å². The second-order valence-corrected chi connectivity index (χ2v) is 10.1. The Labute approximate surface area is 190 Å². The molecular weight excluding hydrogens is 411 g/mol. The number of halogens is 1. The van der Waals surface area contributed by atoms with Crippen molar-refractivity contribution in [2.24, 2.45) is 23.7 Å². The van der Waals surface area contributed by atoms with Gasteiger partial charge >= 0.3 is 5.97 Å². The van der Waals surface area contributed by atoms with Crippen LogP contribution in [-0.2, 0) is 11.3 Å². The van der Waals surface area contributed by atoms with Crippen molar-refractivity contribution in [3.05, 3.63) is 29.1 Å². The number of rotatable bonds is 10. The Morgan fingerprint density at radius 1 is 1.22 bits per heavy atom. The van der Waals surface area contributed by atoms with Crippen LogP contribution in [0.15, 0.2) is 12.1 Å². The van der Waals surface area contributed by atoms with Crippen LogP contribution in [0.25, 0.3) is 0 Å². The topological polar surface area (TPSA) is 89.9 Å². The fourth-order valence-corrected chi connectivity index (χ4v) is 5.27. The van der Waals surface area contributed by atoms with Gasteiger partial charge in [-0.3, -0.25) is 9.59 Å². The summed E-state index contributed by atoms with van der Waals surface area (Å²) in [6.07, 6.45) is 5.88. The van der Waals surface area contributed by atoms with Crippen LogP contribution in [0.5, 0.6) is 5.75 Å². The molecule has 1 amide bonds. The summed E-state index contributed by atoms with van der Waals surface area (Å²) in [5, 5.41) is 22.1. The van der Waals surface area contributed by atoms with Crippen LogP contribution in [0, 0.1) is 29.5 Å². The molecule has 2 atom stereocenters. The first kappa shape index (κ1) is 24.5. The highest BCUT2D eigenvalue weighted by Crippen LogP contribution is 2.37. The molecule has 3 rings (SSSR count). The lowest BCUT2D eigenvalue weighted by molar-refractivity contribution is -0.139. The molecule has 1 aliphatic heterocycles. The van der Waals surface area contributed by atoms with Crippen molar-refractivity contribution in [2.45, 2.75) is 71.9 Å². The van der Waals surface area contributed by atoms with E-state index in [-0.39, 0.29) is 11.5 Å². The molecule has 2 aliphatic rings. The van der Waals surface area contributed by atoms with Gasteiger partial charge in [0.25, 0.3) is 5.91 Å². The van der Waals surface area contributed by atoms with Crippen LogP contribution in [0.4, 0.5) is 4.39 Å². The summed E-state index contributed by atoms with van der Waals surface area (Å²) >= 11 is 0. The number of benzene rings is 1. The van der Waals surface area contributed by atoms with Crippen LogP contribution in [-0.4, -0.2) is 46.1 Å². The lowest BCUT2D eigenvalue weighted by Crippen LogP contribution is -2.39. The predicted octanol–water partition coefficient (Wildman–Crippen LogP) is 4.41. The monoisotopic (exact) mass is 448 g/mol. The van der Waals surface area contributed by atoms with Crippen LogP contribution in [0.3, 0.4) is 0 Å². The first-order valence-electron chi connectivity index (χ1n) is 11.9. The highest BCUT2D eigenvalue weighted by atomic mass is 19.1. The predicted molar refractivity (Wildman–Crippen MR) is 121 cm³/mol. The summed E-state index contributed by atoms with van der Waals surface area (Å²) in [7, 11) is 0. The number of aliphatic carboxylic acids is 1. The molecule has 0 saturated heterocycles. The Bertz CT molecular complexity index is 820. The average molecular weight is 449 g/mol. The first-order valence-corrected chi connectivity index (χ1v) is 11.9. The van der Waals surface area contributed by atoms with Crippen LogP contribution in [0.2, 0.25) is 0 Å². The zero-order valence-corrected chi connectivity index (χ0v) is 19.4. The molecule has 1 aliphatic carbocycles. The van der Waals surface area contributed by atoms with Crippen molar-refractivity contribution in [1.29, 1.82) is 0 Å². The third kappa shape index (κ3) is 5.80. The van der Waals surface area contributed by atoms with E-state index < -0.39 is 23.6 Å². The molecule has 0 spiro atoms. The number of amides is 1. The number of nitrogens with zero attached hydrogens (tertiary/aromatic N) is 1. The minimum absolute atomic E-state index is 0.0249. The zero-order valence-electron chi connectivity index (χ0n) is 19.4. The maximum absolute atomic E-state index is 14.2. The van der Waals surface area contributed by atoms with E-state index in [4.69, 9.17) is 0 Å². The van der Waals surface area contributed by atoms with Gasteiger partial charge in [-0.05, 0) is 80.4 Å². The Hall–Kier alpha value is -2.15. The van der Waals surface area contributed by atoms with Gasteiger partial charge in [-0.15, -0.1) is 0 Å². The molecule has 32 heavy (non-hydrogen) atoms. The van der Waals surface area contributed by atoms with E-state index in [1.807, 2.05) is 13.8 Å². The first-order chi connectivity index (χ1) is 15.2. The van der Waals surface area contributed by atoms with Crippen molar-refractivity contribution in [2.75, 3.05) is 13.1 Å². The highest BCUT2D eigenvalue weighted by molar-refractivity contribution is 5.99. The van der Waals surface area contributed by atoms with E-state index in [0.717, 1.165) is 32.1 Å². The smallest absolute Gasteiger partial charge is 0.320 e. The van der Waals surface area contributed by atoms with Crippen molar-refractivity contribution < 1.29 is 24.2 Å². The number of phenolic OH excluding ortho intramolecular Hbond substituents is 1. The van der Waals surface area contributed by atoms with Gasteiger partial charge in [0.2, 0.25) is 0 Å². The molecule has 1 aromatic carbocycles. The summed E-state index contributed by atoms with van der Waals surface area (Å²) in [6.45, 7) is 8.08. The van der Waals surface area contributed by atoms with Crippen LogP contribution in [0.1, 0.15) is 75.2 Å². The van der Waals surface area contributed by atoms with Gasteiger partial charge < -0.3 is 20.4 Å². The average Bonchev–Trinajstić information content (AvgIpc) is 3.06. The van der Waals surface area contributed by atoms with Crippen molar-refractivity contribution in [3.63, 3.8) is 0 Å². The standard InChI is InChI=1S/C25H37FN2O4/c1-15(2)12-20(25(31)32)27-11-10-16(3)18-6-4-17(5-7-18)13-28-14-19-8-9-21(29)23(26)22(19)24(28)30/h8-9,15-18,20,27,29H,4-7,10-14H2,1-3H3,(H,31,32)/t16?,17?,18?,20-/m1/s1. The number of carboxylic acids is 1. The number of fused-ring (bicyclic) bond motifs is 1. The minimum Gasteiger partial charge on any atom is -0.505 e. The SMILES string of the molecule is CC(C)C[C@@H](NCCC(C)C1CCC(CN2Cc3ccc(O)c(F)c3C2=O)CC1)C(=O)O. The molecule has 6 nitrogen and oxygen atoms in total. The maximum atomic E-state index is 14.2. The zero-order chi connectivity index (χ0) is 23.4. The van der Waals surface area contributed by atoms with Gasteiger partial charge in [-0.2, -0.15) is 0 Å². The van der Waals surface area contributed by atoms with E-state index in [0.29, 0.717) is 55.3 Å². The van der Waals surface area contributed by atoms with E-state index in [2.05, 4.69) is 12.2 Å². The van der Waals surface area contributed by atoms with Gasteiger partial charge in [0.1, 0.15) is 6.04 Å². The number of carbonyl (C=O) groups is 2. The van der Waals surface area contributed by atoms with E-state index >= 15 is 0 Å². The number of hydrogen-bond acceptors (Lipinski definition) is 4. The molecule has 0 bridgehead atoms. The normalized spacial score (nSPS) is 22.8. The Kier molecular flexibility index (Phi) is 8.15. The lowest BCUT2D eigenvalue weighted by Gasteiger charge is -2.34. The fraction of sp³-hybridized carbons (Fsp3) is 0.680.